The van der Waals surface area contributed by atoms with Crippen molar-refractivity contribution < 1.29 is 9.90 Å². The van der Waals surface area contributed by atoms with Gasteiger partial charge < -0.3 is 10.4 Å². The standard InChI is InChI=1S/C13H23N3O2/c1-5-10(6-2)12(17)8-14-13(18)11-7-9(3)15-16(11)4/h7,10,12,17H,5-6,8H2,1-4H3,(H,14,18). The molecule has 1 amide bonds. The minimum Gasteiger partial charge on any atom is -0.391 e. The zero-order chi connectivity index (χ0) is 13.7. The molecular weight excluding hydrogens is 230 g/mol. The topological polar surface area (TPSA) is 67.2 Å². The number of hydrogen-bond donors (Lipinski definition) is 2. The summed E-state index contributed by atoms with van der Waals surface area (Å²) in [6.07, 6.45) is 1.34. The molecule has 1 aromatic rings. The summed E-state index contributed by atoms with van der Waals surface area (Å²) >= 11 is 0. The molecular formula is C13H23N3O2. The lowest BCUT2D eigenvalue weighted by atomic mass is 9.96. The van der Waals surface area contributed by atoms with E-state index in [0.717, 1.165) is 18.5 Å². The van der Waals surface area contributed by atoms with E-state index in [2.05, 4.69) is 10.4 Å². The Balaban J connectivity index is 2.53. The van der Waals surface area contributed by atoms with Crippen molar-refractivity contribution in [2.24, 2.45) is 13.0 Å². The van der Waals surface area contributed by atoms with Gasteiger partial charge in [0, 0.05) is 13.6 Å². The van der Waals surface area contributed by atoms with E-state index in [1.165, 1.54) is 0 Å². The molecule has 102 valence electrons. The highest BCUT2D eigenvalue weighted by Crippen LogP contribution is 2.12. The third-order valence-electron chi connectivity index (χ3n) is 3.30. The van der Waals surface area contributed by atoms with Gasteiger partial charge in [-0.2, -0.15) is 5.10 Å². The smallest absolute Gasteiger partial charge is 0.269 e. The highest BCUT2D eigenvalue weighted by Gasteiger charge is 2.18. The molecule has 1 rings (SSSR count). The average Bonchev–Trinajstić information content (AvgIpc) is 2.67. The van der Waals surface area contributed by atoms with E-state index < -0.39 is 6.10 Å². The molecule has 1 heterocycles. The van der Waals surface area contributed by atoms with Crippen LogP contribution in [0.15, 0.2) is 6.07 Å². The van der Waals surface area contributed by atoms with Crippen LogP contribution in [0.25, 0.3) is 0 Å². The Bertz CT molecular complexity index is 397. The van der Waals surface area contributed by atoms with Gasteiger partial charge in [0.05, 0.1) is 11.8 Å². The van der Waals surface area contributed by atoms with Crippen molar-refractivity contribution in [3.63, 3.8) is 0 Å². The summed E-state index contributed by atoms with van der Waals surface area (Å²) in [7, 11) is 1.74. The first kappa shape index (κ1) is 14.7. The lowest BCUT2D eigenvalue weighted by Crippen LogP contribution is -2.36. The Morgan fingerprint density at radius 1 is 1.50 bits per heavy atom. The molecule has 0 saturated heterocycles. The van der Waals surface area contributed by atoms with Crippen LogP contribution in [0.1, 0.15) is 42.9 Å². The average molecular weight is 253 g/mol. The zero-order valence-corrected chi connectivity index (χ0v) is 11.6. The quantitative estimate of drug-likeness (QED) is 0.802. The molecule has 5 nitrogen and oxygen atoms in total. The number of aromatic nitrogens is 2. The number of aliphatic hydroxyl groups is 1. The largest absolute Gasteiger partial charge is 0.391 e. The Kier molecular flexibility index (Phi) is 5.34. The molecule has 0 fully saturated rings. The maximum atomic E-state index is 11.9. The summed E-state index contributed by atoms with van der Waals surface area (Å²) in [5.41, 5.74) is 1.33. The van der Waals surface area contributed by atoms with Crippen molar-refractivity contribution in [1.29, 1.82) is 0 Å². The van der Waals surface area contributed by atoms with Gasteiger partial charge in [0.2, 0.25) is 0 Å². The summed E-state index contributed by atoms with van der Waals surface area (Å²) in [6, 6.07) is 1.73. The first-order valence-corrected chi connectivity index (χ1v) is 6.46. The molecule has 0 radical (unpaired) electrons. The molecule has 0 aliphatic heterocycles. The van der Waals surface area contributed by atoms with E-state index in [9.17, 15) is 9.90 Å². The van der Waals surface area contributed by atoms with E-state index in [-0.39, 0.29) is 18.4 Å². The number of carbonyl (C=O) groups excluding carboxylic acids is 1. The first-order chi connectivity index (χ1) is 8.49. The van der Waals surface area contributed by atoms with E-state index in [1.807, 2.05) is 20.8 Å². The van der Waals surface area contributed by atoms with Crippen molar-refractivity contribution in [3.05, 3.63) is 17.5 Å². The van der Waals surface area contributed by atoms with Gasteiger partial charge in [-0.15, -0.1) is 0 Å². The van der Waals surface area contributed by atoms with Gasteiger partial charge in [0.15, 0.2) is 0 Å². The Morgan fingerprint density at radius 2 is 2.11 bits per heavy atom. The number of aryl methyl sites for hydroxylation is 2. The number of rotatable bonds is 6. The summed E-state index contributed by atoms with van der Waals surface area (Å²) in [6.45, 7) is 6.22. The fourth-order valence-electron chi connectivity index (χ4n) is 2.11. The van der Waals surface area contributed by atoms with E-state index in [1.54, 1.807) is 17.8 Å². The molecule has 0 bridgehead atoms. The van der Waals surface area contributed by atoms with Crippen LogP contribution >= 0.6 is 0 Å². The second-order valence-corrected chi connectivity index (χ2v) is 4.65. The summed E-state index contributed by atoms with van der Waals surface area (Å²) < 4.78 is 1.55. The van der Waals surface area contributed by atoms with Crippen LogP contribution in [0.3, 0.4) is 0 Å². The molecule has 0 aliphatic rings. The fraction of sp³-hybridized carbons (Fsp3) is 0.692. The minimum absolute atomic E-state index is 0.192. The molecule has 0 aromatic carbocycles. The number of aliphatic hydroxyl groups excluding tert-OH is 1. The first-order valence-electron chi connectivity index (χ1n) is 6.46. The van der Waals surface area contributed by atoms with Crippen molar-refractivity contribution in [2.75, 3.05) is 6.54 Å². The van der Waals surface area contributed by atoms with E-state index >= 15 is 0 Å². The Labute approximate surface area is 108 Å². The normalized spacial score (nSPS) is 12.8. The number of nitrogens with one attached hydrogen (secondary N) is 1. The molecule has 2 N–H and O–H groups in total. The van der Waals surface area contributed by atoms with Gasteiger partial charge in [0.1, 0.15) is 5.69 Å². The molecule has 1 unspecified atom stereocenters. The van der Waals surface area contributed by atoms with Crippen LogP contribution in [-0.2, 0) is 7.05 Å². The van der Waals surface area contributed by atoms with Gasteiger partial charge >= 0.3 is 0 Å². The van der Waals surface area contributed by atoms with Crippen LogP contribution < -0.4 is 5.32 Å². The zero-order valence-electron chi connectivity index (χ0n) is 11.6. The molecule has 0 aliphatic carbocycles. The second-order valence-electron chi connectivity index (χ2n) is 4.65. The SMILES string of the molecule is CCC(CC)C(O)CNC(=O)c1cc(C)nn1C. The molecule has 0 spiro atoms. The predicted molar refractivity (Wildman–Crippen MR) is 70.4 cm³/mol. The van der Waals surface area contributed by atoms with Crippen molar-refractivity contribution in [1.82, 2.24) is 15.1 Å². The summed E-state index contributed by atoms with van der Waals surface area (Å²) in [5.74, 6) is 0.0432. The van der Waals surface area contributed by atoms with Gasteiger partial charge in [-0.1, -0.05) is 26.7 Å². The molecule has 5 heteroatoms. The molecule has 0 saturated carbocycles. The lowest BCUT2D eigenvalue weighted by molar-refractivity contribution is 0.0809. The maximum Gasteiger partial charge on any atom is 0.269 e. The third kappa shape index (κ3) is 3.57. The highest BCUT2D eigenvalue weighted by atomic mass is 16.3. The fourth-order valence-corrected chi connectivity index (χ4v) is 2.11. The van der Waals surface area contributed by atoms with Gasteiger partial charge in [-0.3, -0.25) is 9.48 Å². The van der Waals surface area contributed by atoms with Gasteiger partial charge in [-0.25, -0.2) is 0 Å². The lowest BCUT2D eigenvalue weighted by Gasteiger charge is -2.20. The van der Waals surface area contributed by atoms with E-state index in [0.29, 0.717) is 5.69 Å². The number of nitrogens with zero attached hydrogens (tertiary/aromatic N) is 2. The predicted octanol–water partition coefficient (Wildman–Crippen LogP) is 1.26. The van der Waals surface area contributed by atoms with Crippen molar-refractivity contribution in [2.45, 2.75) is 39.7 Å². The van der Waals surface area contributed by atoms with Crippen molar-refractivity contribution >= 4 is 5.91 Å². The monoisotopic (exact) mass is 253 g/mol. The number of carbonyl (C=O) groups is 1. The highest BCUT2D eigenvalue weighted by molar-refractivity contribution is 5.92. The molecule has 1 aromatic heterocycles. The number of hydrogen-bond acceptors (Lipinski definition) is 3. The minimum atomic E-state index is -0.488. The Hall–Kier alpha value is -1.36. The van der Waals surface area contributed by atoms with Crippen LogP contribution in [0.4, 0.5) is 0 Å². The van der Waals surface area contributed by atoms with Gasteiger partial charge in [0.25, 0.3) is 5.91 Å². The Morgan fingerprint density at radius 3 is 2.56 bits per heavy atom. The summed E-state index contributed by atoms with van der Waals surface area (Å²) in [4.78, 5) is 11.9. The second kappa shape index (κ2) is 6.54. The molecule has 1 atom stereocenters. The third-order valence-corrected chi connectivity index (χ3v) is 3.30. The van der Waals surface area contributed by atoms with Crippen LogP contribution in [-0.4, -0.2) is 33.4 Å². The van der Waals surface area contributed by atoms with Crippen LogP contribution in [0.5, 0.6) is 0 Å². The van der Waals surface area contributed by atoms with Gasteiger partial charge in [-0.05, 0) is 18.9 Å². The van der Waals surface area contributed by atoms with E-state index in [4.69, 9.17) is 0 Å². The van der Waals surface area contributed by atoms with Crippen LogP contribution in [0, 0.1) is 12.8 Å². The molecule has 18 heavy (non-hydrogen) atoms. The van der Waals surface area contributed by atoms with Crippen LogP contribution in [0.2, 0.25) is 0 Å². The summed E-state index contributed by atoms with van der Waals surface area (Å²) in [5, 5.41) is 16.8. The van der Waals surface area contributed by atoms with Crippen molar-refractivity contribution in [3.8, 4) is 0 Å². The maximum absolute atomic E-state index is 11.9. The number of amides is 1.